The van der Waals surface area contributed by atoms with E-state index in [0.717, 1.165) is 17.9 Å². The van der Waals surface area contributed by atoms with Crippen molar-refractivity contribution in [2.24, 2.45) is 11.8 Å². The highest BCUT2D eigenvalue weighted by Crippen LogP contribution is 2.42. The molecule has 25 heavy (non-hydrogen) atoms. The molecule has 0 bridgehead atoms. The molecular formula is C23H36N2. The van der Waals surface area contributed by atoms with Crippen molar-refractivity contribution in [3.8, 4) is 0 Å². The minimum absolute atomic E-state index is 0.922. The maximum Gasteiger partial charge on any atom is 0.0127 e. The Morgan fingerprint density at radius 2 is 1.56 bits per heavy atom. The number of aryl methyl sites for hydroxylation is 1. The number of piperazine rings is 1. The van der Waals surface area contributed by atoms with Gasteiger partial charge in [-0.2, -0.15) is 0 Å². The second kappa shape index (κ2) is 8.68. The lowest BCUT2D eigenvalue weighted by molar-refractivity contribution is 0.0112. The molecule has 0 amide bonds. The minimum Gasteiger partial charge on any atom is -0.301 e. The van der Waals surface area contributed by atoms with Gasteiger partial charge in [-0.1, -0.05) is 62.4 Å². The van der Waals surface area contributed by atoms with Crippen molar-refractivity contribution in [2.45, 2.75) is 63.8 Å². The molecule has 2 heteroatoms. The monoisotopic (exact) mass is 340 g/mol. The van der Waals surface area contributed by atoms with Crippen molar-refractivity contribution in [3.05, 3.63) is 35.9 Å². The quantitative estimate of drug-likeness (QED) is 0.773. The topological polar surface area (TPSA) is 6.48 Å². The van der Waals surface area contributed by atoms with Gasteiger partial charge in [0, 0.05) is 32.2 Å². The fraction of sp³-hybridized carbons (Fsp3) is 0.739. The van der Waals surface area contributed by atoms with Crippen molar-refractivity contribution in [3.63, 3.8) is 0 Å². The van der Waals surface area contributed by atoms with Crippen LogP contribution in [0.2, 0.25) is 0 Å². The van der Waals surface area contributed by atoms with Crippen LogP contribution in [0.15, 0.2) is 30.3 Å². The highest BCUT2D eigenvalue weighted by atomic mass is 15.3. The molecule has 3 atom stereocenters. The predicted molar refractivity (Wildman–Crippen MR) is 106 cm³/mol. The molecule has 4 rings (SSSR count). The highest BCUT2D eigenvalue weighted by molar-refractivity contribution is 5.14. The number of fused-ring (bicyclic) bond motifs is 1. The molecule has 3 fully saturated rings. The summed E-state index contributed by atoms with van der Waals surface area (Å²) in [5, 5.41) is 0. The molecule has 0 radical (unpaired) electrons. The van der Waals surface area contributed by atoms with Gasteiger partial charge >= 0.3 is 0 Å². The Kier molecular flexibility index (Phi) is 6.10. The average molecular weight is 341 g/mol. The summed E-state index contributed by atoms with van der Waals surface area (Å²) in [6, 6.07) is 11.9. The van der Waals surface area contributed by atoms with E-state index in [1.807, 2.05) is 0 Å². The van der Waals surface area contributed by atoms with Crippen LogP contribution in [0.4, 0.5) is 0 Å². The molecule has 0 aromatic heterocycles. The van der Waals surface area contributed by atoms with Crippen molar-refractivity contribution < 1.29 is 0 Å². The van der Waals surface area contributed by atoms with Crippen LogP contribution >= 0.6 is 0 Å². The van der Waals surface area contributed by atoms with Gasteiger partial charge in [-0.25, -0.2) is 0 Å². The van der Waals surface area contributed by atoms with Gasteiger partial charge in [-0.3, -0.25) is 4.90 Å². The summed E-state index contributed by atoms with van der Waals surface area (Å²) in [7, 11) is 0. The fourth-order valence-electron chi connectivity index (χ4n) is 5.83. The molecule has 3 unspecified atom stereocenters. The van der Waals surface area contributed by atoms with Gasteiger partial charge in [0.1, 0.15) is 0 Å². The van der Waals surface area contributed by atoms with Crippen molar-refractivity contribution >= 4 is 0 Å². The van der Waals surface area contributed by atoms with E-state index in [2.05, 4.69) is 40.1 Å². The summed E-state index contributed by atoms with van der Waals surface area (Å²) in [5.41, 5.74) is 1.49. The summed E-state index contributed by atoms with van der Waals surface area (Å²) >= 11 is 0. The molecule has 2 aliphatic carbocycles. The lowest BCUT2D eigenvalue weighted by atomic mass is 9.68. The SMILES string of the molecule is c1ccc(CCCN2CCN(C3CCCC4CCCCC43)CC2)cc1. The van der Waals surface area contributed by atoms with Crippen LogP contribution in [0.3, 0.4) is 0 Å². The first-order chi connectivity index (χ1) is 12.4. The molecule has 1 aromatic rings. The molecule has 0 N–H and O–H groups in total. The van der Waals surface area contributed by atoms with Gasteiger partial charge < -0.3 is 4.90 Å². The van der Waals surface area contributed by atoms with E-state index in [-0.39, 0.29) is 0 Å². The summed E-state index contributed by atoms with van der Waals surface area (Å²) < 4.78 is 0. The van der Waals surface area contributed by atoms with E-state index in [9.17, 15) is 0 Å². The van der Waals surface area contributed by atoms with E-state index in [4.69, 9.17) is 0 Å². The van der Waals surface area contributed by atoms with E-state index < -0.39 is 0 Å². The molecule has 1 aliphatic heterocycles. The molecule has 1 aromatic carbocycles. The molecule has 1 saturated heterocycles. The van der Waals surface area contributed by atoms with Crippen LogP contribution in [0.5, 0.6) is 0 Å². The Morgan fingerprint density at radius 1 is 0.800 bits per heavy atom. The summed E-state index contributed by atoms with van der Waals surface area (Å²) in [4.78, 5) is 5.59. The first kappa shape index (κ1) is 17.5. The molecule has 138 valence electrons. The standard InChI is InChI=1S/C23H36N2/c1-2-8-20(9-3-1)10-7-15-24-16-18-25(19-17-24)23-14-6-12-21-11-4-5-13-22(21)23/h1-3,8-9,21-23H,4-7,10-19H2. The largest absolute Gasteiger partial charge is 0.301 e. The molecule has 3 aliphatic rings. The molecular weight excluding hydrogens is 304 g/mol. The zero-order valence-corrected chi connectivity index (χ0v) is 15.9. The third kappa shape index (κ3) is 4.46. The Balaban J connectivity index is 1.21. The van der Waals surface area contributed by atoms with Gasteiger partial charge in [-0.05, 0) is 49.6 Å². The van der Waals surface area contributed by atoms with Crippen LogP contribution < -0.4 is 0 Å². The normalized spacial score (nSPS) is 31.6. The zero-order valence-electron chi connectivity index (χ0n) is 15.9. The Hall–Kier alpha value is -0.860. The first-order valence-corrected chi connectivity index (χ1v) is 10.9. The van der Waals surface area contributed by atoms with Gasteiger partial charge in [0.25, 0.3) is 0 Å². The Bertz CT molecular complexity index is 504. The smallest absolute Gasteiger partial charge is 0.0127 e. The second-order valence-electron chi connectivity index (χ2n) is 8.67. The zero-order chi connectivity index (χ0) is 16.9. The highest BCUT2D eigenvalue weighted by Gasteiger charge is 2.38. The maximum absolute atomic E-state index is 2.88. The second-order valence-corrected chi connectivity index (χ2v) is 8.67. The lowest BCUT2D eigenvalue weighted by Crippen LogP contribution is -2.54. The van der Waals surface area contributed by atoms with Gasteiger partial charge in [0.2, 0.25) is 0 Å². The summed E-state index contributed by atoms with van der Waals surface area (Å²) in [5.74, 6) is 2.10. The molecule has 2 nitrogen and oxygen atoms in total. The van der Waals surface area contributed by atoms with Crippen LogP contribution in [0, 0.1) is 11.8 Å². The fourth-order valence-corrected chi connectivity index (χ4v) is 5.83. The summed E-state index contributed by atoms with van der Waals surface area (Å²) in [6.45, 7) is 6.50. The maximum atomic E-state index is 2.88. The van der Waals surface area contributed by atoms with Crippen LogP contribution in [-0.4, -0.2) is 48.6 Å². The lowest BCUT2D eigenvalue weighted by Gasteiger charge is -2.48. The predicted octanol–water partition coefficient (Wildman–Crippen LogP) is 4.60. The van der Waals surface area contributed by atoms with Crippen LogP contribution in [0.25, 0.3) is 0 Å². The van der Waals surface area contributed by atoms with Crippen molar-refractivity contribution in [1.29, 1.82) is 0 Å². The number of benzene rings is 1. The minimum atomic E-state index is 0.922. The molecule has 0 spiro atoms. The number of hydrogen-bond donors (Lipinski definition) is 0. The molecule has 2 saturated carbocycles. The van der Waals surface area contributed by atoms with Gasteiger partial charge in [-0.15, -0.1) is 0 Å². The van der Waals surface area contributed by atoms with Gasteiger partial charge in [0.05, 0.1) is 0 Å². The van der Waals surface area contributed by atoms with E-state index in [0.29, 0.717) is 0 Å². The Morgan fingerprint density at radius 3 is 2.40 bits per heavy atom. The number of hydrogen-bond acceptors (Lipinski definition) is 2. The molecule has 1 heterocycles. The third-order valence-corrected chi connectivity index (χ3v) is 7.20. The van der Waals surface area contributed by atoms with E-state index in [1.165, 1.54) is 96.1 Å². The summed E-state index contributed by atoms with van der Waals surface area (Å²) in [6.07, 6.45) is 13.1. The first-order valence-electron chi connectivity index (χ1n) is 10.9. The van der Waals surface area contributed by atoms with Crippen LogP contribution in [-0.2, 0) is 6.42 Å². The Labute approximate surface area is 154 Å². The third-order valence-electron chi connectivity index (χ3n) is 7.20. The number of nitrogens with zero attached hydrogens (tertiary/aromatic N) is 2. The van der Waals surface area contributed by atoms with E-state index in [1.54, 1.807) is 0 Å². The van der Waals surface area contributed by atoms with Gasteiger partial charge in [0.15, 0.2) is 0 Å². The van der Waals surface area contributed by atoms with Crippen molar-refractivity contribution in [1.82, 2.24) is 9.80 Å². The van der Waals surface area contributed by atoms with Crippen LogP contribution in [0.1, 0.15) is 56.9 Å². The van der Waals surface area contributed by atoms with Crippen molar-refractivity contribution in [2.75, 3.05) is 32.7 Å². The van der Waals surface area contributed by atoms with E-state index >= 15 is 0 Å². The average Bonchev–Trinajstić information content (AvgIpc) is 2.69. The number of rotatable bonds is 5.